The van der Waals surface area contributed by atoms with Crippen LogP contribution in [0.1, 0.15) is 26.3 Å². The minimum atomic E-state index is -1.17. The number of carbonyl (C=O) groups excluding carboxylic acids is 2. The summed E-state index contributed by atoms with van der Waals surface area (Å²) in [6.07, 6.45) is -2.33. The number of carbonyl (C=O) groups is 2. The Morgan fingerprint density at radius 3 is 2.00 bits per heavy atom. The van der Waals surface area contributed by atoms with Crippen molar-refractivity contribution < 1.29 is 33.5 Å². The molecule has 2 atom stereocenters. The lowest BCUT2D eigenvalue weighted by Crippen LogP contribution is -2.87. The molecule has 2 saturated heterocycles. The SMILES string of the molecule is CC(C)(C)[N+]1(C(=O)[O-])C2COCC1C[N+](Cc1ccccc1)(C(=O)[O-])C2. The molecule has 2 aliphatic rings. The first kappa shape index (κ1) is 18.8. The van der Waals surface area contributed by atoms with Gasteiger partial charge in [-0.25, -0.2) is 0 Å². The molecule has 0 aliphatic carbocycles. The molecule has 7 nitrogen and oxygen atoms in total. The average Bonchev–Trinajstić information content (AvgIpc) is 2.53. The van der Waals surface area contributed by atoms with Gasteiger partial charge in [0.25, 0.3) is 12.2 Å². The number of piperazine rings is 1. The van der Waals surface area contributed by atoms with Gasteiger partial charge in [-0.2, -0.15) is 0 Å². The molecule has 2 fully saturated rings. The van der Waals surface area contributed by atoms with Crippen LogP contribution >= 0.6 is 0 Å². The van der Waals surface area contributed by atoms with Gasteiger partial charge in [0.05, 0.1) is 5.54 Å². The Labute approximate surface area is 153 Å². The second-order valence-electron chi connectivity index (χ2n) is 8.48. The molecule has 2 unspecified atom stereocenters. The van der Waals surface area contributed by atoms with E-state index in [4.69, 9.17) is 4.74 Å². The number of hydrogen-bond acceptors (Lipinski definition) is 5. The number of quaternary nitrogens is 2. The number of morpholine rings is 1. The standard InChI is InChI=1S/C19H26N2O5/c1-19(2,3)21(18(24)25)15-10-20(17(22)23,11-16(21)13-26-12-15)9-14-7-5-4-6-8-14/h4-8,15-16H,9-13H2,1-3H3. The number of carboxylic acid groups (broad SMARTS) is 2. The fourth-order valence-corrected chi connectivity index (χ4v) is 5.06. The van der Waals surface area contributed by atoms with E-state index in [0.717, 1.165) is 5.56 Å². The Balaban J connectivity index is 2.04. The van der Waals surface area contributed by atoms with E-state index < -0.39 is 29.8 Å². The highest BCUT2D eigenvalue weighted by Gasteiger charge is 2.64. The monoisotopic (exact) mass is 362 g/mol. The van der Waals surface area contributed by atoms with Crippen molar-refractivity contribution in [3.63, 3.8) is 0 Å². The van der Waals surface area contributed by atoms with Crippen molar-refractivity contribution in [3.8, 4) is 0 Å². The van der Waals surface area contributed by atoms with Gasteiger partial charge in [-0.3, -0.25) is 8.97 Å². The molecule has 2 bridgehead atoms. The molecule has 26 heavy (non-hydrogen) atoms. The van der Waals surface area contributed by atoms with Gasteiger partial charge in [-0.05, 0) is 20.8 Å². The summed E-state index contributed by atoms with van der Waals surface area (Å²) in [5.74, 6) is 0. The van der Waals surface area contributed by atoms with Crippen LogP contribution in [0.25, 0.3) is 0 Å². The highest BCUT2D eigenvalue weighted by molar-refractivity contribution is 5.57. The molecule has 7 heteroatoms. The molecule has 0 aromatic heterocycles. The van der Waals surface area contributed by atoms with Crippen LogP contribution in [0.3, 0.4) is 0 Å². The molecule has 142 valence electrons. The quantitative estimate of drug-likeness (QED) is 0.696. The molecule has 2 aliphatic heterocycles. The normalized spacial score (nSPS) is 34.3. The smallest absolute Gasteiger partial charge is 0.258 e. The fourth-order valence-electron chi connectivity index (χ4n) is 5.06. The Morgan fingerprint density at radius 2 is 1.58 bits per heavy atom. The zero-order chi connectivity index (χ0) is 19.2. The molecule has 0 radical (unpaired) electrons. The molecule has 0 saturated carbocycles. The Kier molecular flexibility index (Phi) is 4.58. The van der Waals surface area contributed by atoms with E-state index in [0.29, 0.717) is 0 Å². The maximum atomic E-state index is 12.3. The van der Waals surface area contributed by atoms with Crippen LogP contribution in [0, 0.1) is 0 Å². The second kappa shape index (κ2) is 6.33. The first-order chi connectivity index (χ1) is 12.1. The van der Waals surface area contributed by atoms with Crippen LogP contribution in [0.5, 0.6) is 0 Å². The summed E-state index contributed by atoms with van der Waals surface area (Å²) in [5, 5.41) is 24.5. The van der Waals surface area contributed by atoms with Crippen molar-refractivity contribution in [2.24, 2.45) is 0 Å². The Hall–Kier alpha value is -1.96. The molecule has 0 spiro atoms. The lowest BCUT2D eigenvalue weighted by molar-refractivity contribution is -1.05. The molecular formula is C19H26N2O5. The molecule has 1 aromatic carbocycles. The van der Waals surface area contributed by atoms with Gasteiger partial charge in [0, 0.05) is 5.56 Å². The maximum Gasteiger partial charge on any atom is 0.258 e. The van der Waals surface area contributed by atoms with E-state index in [1.165, 1.54) is 0 Å². The van der Waals surface area contributed by atoms with Crippen LogP contribution in [0.2, 0.25) is 0 Å². The zero-order valence-corrected chi connectivity index (χ0v) is 15.5. The number of nitrogens with zero attached hydrogens (tertiary/aromatic N) is 2. The van der Waals surface area contributed by atoms with E-state index >= 15 is 0 Å². The number of benzene rings is 1. The summed E-state index contributed by atoms with van der Waals surface area (Å²) in [6.45, 7) is 6.54. The average molecular weight is 362 g/mol. The number of ether oxygens (including phenoxy) is 1. The summed E-state index contributed by atoms with van der Waals surface area (Å²) >= 11 is 0. The molecule has 0 N–H and O–H groups in total. The largest absolute Gasteiger partial charge is 0.498 e. The van der Waals surface area contributed by atoms with Crippen LogP contribution < -0.4 is 10.2 Å². The lowest BCUT2D eigenvalue weighted by Gasteiger charge is -2.63. The van der Waals surface area contributed by atoms with Crippen molar-refractivity contribution >= 4 is 12.2 Å². The van der Waals surface area contributed by atoms with Gasteiger partial charge in [0.1, 0.15) is 32.8 Å². The van der Waals surface area contributed by atoms with E-state index in [9.17, 15) is 19.8 Å². The Morgan fingerprint density at radius 1 is 1.04 bits per heavy atom. The van der Waals surface area contributed by atoms with Crippen LogP contribution in [0.4, 0.5) is 9.59 Å². The molecule has 2 amide bonds. The van der Waals surface area contributed by atoms with Gasteiger partial charge in [-0.15, -0.1) is 0 Å². The van der Waals surface area contributed by atoms with E-state index in [2.05, 4.69) is 0 Å². The van der Waals surface area contributed by atoms with Crippen molar-refractivity contribution in [1.82, 2.24) is 0 Å². The van der Waals surface area contributed by atoms with Crippen molar-refractivity contribution in [2.75, 3.05) is 26.3 Å². The minimum absolute atomic E-state index is 0.138. The van der Waals surface area contributed by atoms with Gasteiger partial charge >= 0.3 is 0 Å². The van der Waals surface area contributed by atoms with Crippen LogP contribution in [-0.4, -0.2) is 65.1 Å². The number of amides is 2. The minimum Gasteiger partial charge on any atom is -0.498 e. The molecule has 3 rings (SSSR count). The van der Waals surface area contributed by atoms with Crippen LogP contribution in [-0.2, 0) is 11.3 Å². The summed E-state index contributed by atoms with van der Waals surface area (Å²) in [5.41, 5.74) is 0.257. The summed E-state index contributed by atoms with van der Waals surface area (Å²) in [4.78, 5) is 24.5. The lowest BCUT2D eigenvalue weighted by atomic mass is 9.88. The van der Waals surface area contributed by atoms with E-state index in [1.54, 1.807) is 0 Å². The Bertz CT molecular complexity index is 684. The first-order valence-electron chi connectivity index (χ1n) is 8.93. The van der Waals surface area contributed by atoms with E-state index in [1.807, 2.05) is 51.1 Å². The number of rotatable bonds is 2. The second-order valence-corrected chi connectivity index (χ2v) is 8.48. The third-order valence-corrected chi connectivity index (χ3v) is 6.02. The third-order valence-electron chi connectivity index (χ3n) is 6.02. The van der Waals surface area contributed by atoms with Crippen molar-refractivity contribution in [3.05, 3.63) is 35.9 Å². The van der Waals surface area contributed by atoms with Crippen LogP contribution in [0.15, 0.2) is 30.3 Å². The van der Waals surface area contributed by atoms with Gasteiger partial charge in [-0.1, -0.05) is 30.3 Å². The number of hydrogen-bond donors (Lipinski definition) is 0. The van der Waals surface area contributed by atoms with Crippen molar-refractivity contribution in [1.29, 1.82) is 0 Å². The van der Waals surface area contributed by atoms with Gasteiger partial charge in [0.15, 0.2) is 12.1 Å². The van der Waals surface area contributed by atoms with Gasteiger partial charge < -0.3 is 24.5 Å². The zero-order valence-electron chi connectivity index (χ0n) is 15.5. The topological polar surface area (TPSA) is 89.5 Å². The summed E-state index contributed by atoms with van der Waals surface area (Å²) < 4.78 is 5.08. The predicted molar refractivity (Wildman–Crippen MR) is 89.3 cm³/mol. The number of fused-ring (bicyclic) bond motifs is 2. The maximum absolute atomic E-state index is 12.3. The molecular weight excluding hydrogens is 336 g/mol. The van der Waals surface area contributed by atoms with Crippen molar-refractivity contribution in [2.45, 2.75) is 44.9 Å². The highest BCUT2D eigenvalue weighted by Crippen LogP contribution is 2.41. The fraction of sp³-hybridized carbons (Fsp3) is 0.579. The predicted octanol–water partition coefficient (Wildman–Crippen LogP) is 0.0863. The third kappa shape index (κ3) is 2.71. The molecule has 1 aromatic rings. The summed E-state index contributed by atoms with van der Waals surface area (Å²) in [6, 6.07) is 8.37. The highest BCUT2D eigenvalue weighted by atomic mass is 16.5. The molecule has 2 heterocycles. The van der Waals surface area contributed by atoms with Gasteiger partial charge in [0.2, 0.25) is 0 Å². The summed E-state index contributed by atoms with van der Waals surface area (Å²) in [7, 11) is 0. The van der Waals surface area contributed by atoms with E-state index in [-0.39, 0.29) is 41.8 Å². The first-order valence-corrected chi connectivity index (χ1v) is 8.93.